The number of rotatable bonds is 7. The zero-order valence-corrected chi connectivity index (χ0v) is 15.7. The van der Waals surface area contributed by atoms with Gasteiger partial charge in [-0.1, -0.05) is 51.0 Å². The summed E-state index contributed by atoms with van der Waals surface area (Å²) >= 11 is 0. The topological polar surface area (TPSA) is 55.8 Å². The van der Waals surface area contributed by atoms with E-state index in [2.05, 4.69) is 12.0 Å². The molecule has 140 valence electrons. The molecule has 1 amide bonds. The van der Waals surface area contributed by atoms with E-state index >= 15 is 0 Å². The summed E-state index contributed by atoms with van der Waals surface area (Å²) in [6, 6.07) is 7.91. The van der Waals surface area contributed by atoms with Gasteiger partial charge in [-0.15, -0.1) is 6.42 Å². The summed E-state index contributed by atoms with van der Waals surface area (Å²) in [5.74, 6) is 2.32. The van der Waals surface area contributed by atoms with Crippen molar-refractivity contribution in [1.82, 2.24) is 4.90 Å². The van der Waals surface area contributed by atoms with Crippen LogP contribution in [0.4, 0.5) is 4.79 Å². The molecule has 0 spiro atoms. The van der Waals surface area contributed by atoms with Gasteiger partial charge in [0.15, 0.2) is 0 Å². The van der Waals surface area contributed by atoms with E-state index in [1.54, 1.807) is 0 Å². The zero-order valence-electron chi connectivity index (χ0n) is 15.7. The van der Waals surface area contributed by atoms with Gasteiger partial charge in [-0.25, -0.2) is 4.79 Å². The van der Waals surface area contributed by atoms with Crippen molar-refractivity contribution in [3.8, 4) is 12.3 Å². The van der Waals surface area contributed by atoms with Crippen LogP contribution in [-0.4, -0.2) is 30.3 Å². The first-order valence-electron chi connectivity index (χ1n) is 9.05. The molecule has 26 heavy (non-hydrogen) atoms. The van der Waals surface area contributed by atoms with Gasteiger partial charge in [-0.05, 0) is 36.3 Å². The number of amides is 1. The maximum Gasteiger partial charge on any atom is 0.413 e. The Bertz CT molecular complexity index is 677. The third-order valence-corrected chi connectivity index (χ3v) is 4.58. The second-order valence-corrected chi connectivity index (χ2v) is 7.11. The molecule has 1 aliphatic rings. The molecule has 5 heteroatoms. The summed E-state index contributed by atoms with van der Waals surface area (Å²) in [6.07, 6.45) is 7.31. The highest BCUT2D eigenvalue weighted by molar-refractivity contribution is 5.72. The van der Waals surface area contributed by atoms with Crippen LogP contribution < -0.4 is 0 Å². The van der Waals surface area contributed by atoms with E-state index in [0.717, 1.165) is 24.8 Å². The average Bonchev–Trinajstić information content (AvgIpc) is 3.02. The number of carbonyl (C=O) groups is 2. The predicted octanol–water partition coefficient (Wildman–Crippen LogP) is 3.93. The number of ether oxygens (including phenoxy) is 2. The molecule has 2 unspecified atom stereocenters. The maximum atomic E-state index is 12.5. The number of aryl methyl sites for hydroxylation is 1. The molecule has 1 aromatic carbocycles. The fourth-order valence-electron chi connectivity index (χ4n) is 3.43. The lowest BCUT2D eigenvalue weighted by atomic mass is 9.99. The molecule has 0 saturated carbocycles. The number of fused-ring (bicyclic) bond motifs is 1. The lowest BCUT2D eigenvalue weighted by Crippen LogP contribution is -2.35. The van der Waals surface area contributed by atoms with Crippen LogP contribution >= 0.6 is 0 Å². The summed E-state index contributed by atoms with van der Waals surface area (Å²) in [5.41, 5.74) is 2.32. The zero-order chi connectivity index (χ0) is 19.1. The number of esters is 1. The van der Waals surface area contributed by atoms with E-state index in [1.165, 1.54) is 10.5 Å². The molecule has 2 rings (SSSR count). The van der Waals surface area contributed by atoms with Crippen molar-refractivity contribution >= 4 is 12.1 Å². The Morgan fingerprint density at radius 1 is 1.27 bits per heavy atom. The van der Waals surface area contributed by atoms with Crippen LogP contribution in [-0.2, 0) is 20.7 Å². The first-order valence-corrected chi connectivity index (χ1v) is 9.05. The van der Waals surface area contributed by atoms with Crippen molar-refractivity contribution in [2.45, 2.75) is 46.1 Å². The Balaban J connectivity index is 1.92. The van der Waals surface area contributed by atoms with E-state index in [0.29, 0.717) is 5.92 Å². The molecule has 0 heterocycles. The second-order valence-electron chi connectivity index (χ2n) is 7.11. The number of hydrogen-bond donors (Lipinski definition) is 0. The molecule has 0 fully saturated rings. The smallest absolute Gasteiger partial charge is 0.413 e. The average molecular weight is 357 g/mol. The monoisotopic (exact) mass is 357 g/mol. The van der Waals surface area contributed by atoms with Crippen molar-refractivity contribution in [2.75, 3.05) is 13.3 Å². The molecule has 1 aromatic rings. The molecule has 1 aliphatic carbocycles. The molecular formula is C21H27NO4. The van der Waals surface area contributed by atoms with Crippen LogP contribution in [0.2, 0.25) is 0 Å². The Kier molecular flexibility index (Phi) is 7.08. The second kappa shape index (κ2) is 9.28. The summed E-state index contributed by atoms with van der Waals surface area (Å²) in [7, 11) is 0. The normalized spacial score (nSPS) is 16.5. The van der Waals surface area contributed by atoms with Gasteiger partial charge in [0.05, 0.1) is 18.5 Å². The van der Waals surface area contributed by atoms with Crippen LogP contribution in [0.1, 0.15) is 50.8 Å². The van der Waals surface area contributed by atoms with Gasteiger partial charge < -0.3 is 9.47 Å². The Hall–Kier alpha value is -2.48. The third-order valence-electron chi connectivity index (χ3n) is 4.58. The van der Waals surface area contributed by atoms with Crippen LogP contribution in [0.3, 0.4) is 0 Å². The first kappa shape index (κ1) is 19.8. The van der Waals surface area contributed by atoms with Crippen molar-refractivity contribution in [2.24, 2.45) is 11.8 Å². The fraction of sp³-hybridized carbons (Fsp3) is 0.524. The highest BCUT2D eigenvalue weighted by Gasteiger charge is 2.31. The van der Waals surface area contributed by atoms with Crippen LogP contribution in [0, 0.1) is 24.2 Å². The van der Waals surface area contributed by atoms with Crippen molar-refractivity contribution < 1.29 is 19.1 Å². The van der Waals surface area contributed by atoms with Crippen LogP contribution in [0.5, 0.6) is 0 Å². The van der Waals surface area contributed by atoms with Gasteiger partial charge in [0.2, 0.25) is 6.79 Å². The quantitative estimate of drug-likeness (QED) is 0.421. The molecule has 0 N–H and O–H groups in total. The van der Waals surface area contributed by atoms with Crippen LogP contribution in [0.25, 0.3) is 0 Å². The highest BCUT2D eigenvalue weighted by Crippen LogP contribution is 2.35. The molecule has 5 nitrogen and oxygen atoms in total. The summed E-state index contributed by atoms with van der Waals surface area (Å²) in [5, 5.41) is 0. The largest absolute Gasteiger partial charge is 0.428 e. The highest BCUT2D eigenvalue weighted by atomic mass is 16.7. The minimum absolute atomic E-state index is 0.106. The van der Waals surface area contributed by atoms with E-state index in [1.807, 2.05) is 39.0 Å². The summed E-state index contributed by atoms with van der Waals surface area (Å²) in [6.45, 7) is 5.65. The minimum Gasteiger partial charge on any atom is -0.428 e. The van der Waals surface area contributed by atoms with Gasteiger partial charge in [-0.2, -0.15) is 0 Å². The van der Waals surface area contributed by atoms with Crippen molar-refractivity contribution in [3.63, 3.8) is 0 Å². The predicted molar refractivity (Wildman–Crippen MR) is 99.1 cm³/mol. The number of carbonyl (C=O) groups excluding carboxylic acids is 2. The number of nitrogens with zero attached hydrogens (tertiary/aromatic N) is 1. The lowest BCUT2D eigenvalue weighted by molar-refractivity contribution is -0.157. The van der Waals surface area contributed by atoms with Gasteiger partial charge in [0, 0.05) is 0 Å². The van der Waals surface area contributed by atoms with Crippen molar-refractivity contribution in [1.29, 1.82) is 0 Å². The first-order chi connectivity index (χ1) is 12.4. The number of hydrogen-bond acceptors (Lipinski definition) is 4. The molecular weight excluding hydrogens is 330 g/mol. The minimum atomic E-state index is -0.561. The summed E-state index contributed by atoms with van der Waals surface area (Å²) < 4.78 is 10.2. The maximum absolute atomic E-state index is 12.5. The van der Waals surface area contributed by atoms with Gasteiger partial charge >= 0.3 is 12.1 Å². The number of terminal acetylenes is 1. The SMILES string of the molecule is C#CCN(C(=O)OCOC(=O)C(C)CC(C)C)C1CCc2ccccc21. The van der Waals surface area contributed by atoms with Crippen molar-refractivity contribution in [3.05, 3.63) is 35.4 Å². The Morgan fingerprint density at radius 2 is 2.00 bits per heavy atom. The fourth-order valence-corrected chi connectivity index (χ4v) is 3.43. The third kappa shape index (κ3) is 5.01. The summed E-state index contributed by atoms with van der Waals surface area (Å²) in [4.78, 5) is 25.9. The lowest BCUT2D eigenvalue weighted by Gasteiger charge is -2.27. The van der Waals surface area contributed by atoms with Crippen LogP contribution in [0.15, 0.2) is 24.3 Å². The van der Waals surface area contributed by atoms with Gasteiger partial charge in [-0.3, -0.25) is 9.69 Å². The van der Waals surface area contributed by atoms with E-state index in [-0.39, 0.29) is 24.5 Å². The molecule has 0 saturated heterocycles. The Labute approximate surface area is 155 Å². The standard InChI is InChI=1S/C21H27NO4/c1-5-12-22(19-11-10-17-8-6-7-9-18(17)19)21(24)26-14-25-20(23)16(4)13-15(2)3/h1,6-9,15-16,19H,10-14H2,2-4H3. The van der Waals surface area contributed by atoms with E-state index in [4.69, 9.17) is 15.9 Å². The van der Waals surface area contributed by atoms with Gasteiger partial charge in [0.1, 0.15) is 0 Å². The molecule has 2 atom stereocenters. The Morgan fingerprint density at radius 3 is 2.69 bits per heavy atom. The van der Waals surface area contributed by atoms with E-state index in [9.17, 15) is 9.59 Å². The van der Waals surface area contributed by atoms with Gasteiger partial charge in [0.25, 0.3) is 0 Å². The molecule has 0 bridgehead atoms. The molecule has 0 radical (unpaired) electrons. The number of benzene rings is 1. The molecule has 0 aliphatic heterocycles. The molecule has 0 aromatic heterocycles. The van der Waals surface area contributed by atoms with E-state index < -0.39 is 12.9 Å².